The maximum absolute atomic E-state index is 12.9. The van der Waals surface area contributed by atoms with Gasteiger partial charge in [-0.1, -0.05) is 29.8 Å². The summed E-state index contributed by atoms with van der Waals surface area (Å²) in [5.74, 6) is 0.156. The van der Waals surface area contributed by atoms with Crippen molar-refractivity contribution in [3.05, 3.63) is 53.1 Å². The minimum absolute atomic E-state index is 0.130. The van der Waals surface area contributed by atoms with E-state index < -0.39 is 15.8 Å². The van der Waals surface area contributed by atoms with Crippen LogP contribution in [0.4, 0.5) is 10.3 Å². The van der Waals surface area contributed by atoms with Crippen molar-refractivity contribution in [1.29, 1.82) is 0 Å². The van der Waals surface area contributed by atoms with Crippen molar-refractivity contribution in [1.82, 2.24) is 14.7 Å². The molecular formula is C17H20ClFN4O2S. The third-order valence-electron chi connectivity index (χ3n) is 4.40. The van der Waals surface area contributed by atoms with Gasteiger partial charge in [0.2, 0.25) is 16.0 Å². The second kappa shape index (κ2) is 8.28. The number of halogens is 2. The molecule has 0 aliphatic carbocycles. The zero-order valence-corrected chi connectivity index (χ0v) is 15.7. The zero-order chi connectivity index (χ0) is 18.6. The number of sulfonamides is 1. The topological polar surface area (TPSA) is 75.2 Å². The van der Waals surface area contributed by atoms with Crippen molar-refractivity contribution >= 4 is 27.6 Å². The second-order valence-corrected chi connectivity index (χ2v) is 8.54. The van der Waals surface area contributed by atoms with Crippen LogP contribution in [0, 0.1) is 11.7 Å². The summed E-state index contributed by atoms with van der Waals surface area (Å²) in [5, 5.41) is 0.450. The lowest BCUT2D eigenvalue weighted by atomic mass is 9.97. The van der Waals surface area contributed by atoms with Crippen molar-refractivity contribution in [2.45, 2.75) is 18.6 Å². The standard InChI is InChI=1S/C17H20ClFN4O2S/c18-16-4-2-1-3-14(16)12-26(24,25)22-9-13-5-7-23(8-6-13)17-20-10-15(19)11-21-17/h1-4,10-11,13,22H,5-9,12H2. The highest BCUT2D eigenvalue weighted by Crippen LogP contribution is 2.21. The van der Waals surface area contributed by atoms with Crippen LogP contribution in [-0.2, 0) is 15.8 Å². The first-order valence-corrected chi connectivity index (χ1v) is 10.4. The average Bonchev–Trinajstić information content (AvgIpc) is 2.63. The molecule has 1 saturated heterocycles. The molecule has 1 N–H and O–H groups in total. The number of aromatic nitrogens is 2. The van der Waals surface area contributed by atoms with Gasteiger partial charge in [-0.3, -0.25) is 0 Å². The lowest BCUT2D eigenvalue weighted by molar-refractivity contribution is 0.398. The van der Waals surface area contributed by atoms with Gasteiger partial charge in [0.05, 0.1) is 18.1 Å². The monoisotopic (exact) mass is 398 g/mol. The van der Waals surface area contributed by atoms with E-state index in [1.807, 2.05) is 4.90 Å². The molecule has 6 nitrogen and oxygen atoms in total. The lowest BCUT2D eigenvalue weighted by Crippen LogP contribution is -2.39. The van der Waals surface area contributed by atoms with E-state index in [0.29, 0.717) is 36.2 Å². The Hall–Kier alpha value is -1.77. The van der Waals surface area contributed by atoms with Crippen LogP contribution in [0.15, 0.2) is 36.7 Å². The number of rotatable bonds is 6. The normalized spacial score (nSPS) is 16.0. The average molecular weight is 399 g/mol. The predicted molar refractivity (Wildman–Crippen MR) is 99.0 cm³/mol. The smallest absolute Gasteiger partial charge is 0.225 e. The number of anilines is 1. The van der Waals surface area contributed by atoms with E-state index >= 15 is 0 Å². The SMILES string of the molecule is O=S(=O)(Cc1ccccc1Cl)NCC1CCN(c2ncc(F)cn2)CC1. The van der Waals surface area contributed by atoms with Crippen LogP contribution in [0.3, 0.4) is 0 Å². The summed E-state index contributed by atoms with van der Waals surface area (Å²) in [6, 6.07) is 6.93. The molecular weight excluding hydrogens is 379 g/mol. The first-order chi connectivity index (χ1) is 12.4. The highest BCUT2D eigenvalue weighted by Gasteiger charge is 2.23. The molecule has 2 aromatic rings. The van der Waals surface area contributed by atoms with E-state index in [1.54, 1.807) is 24.3 Å². The van der Waals surface area contributed by atoms with Crippen molar-refractivity contribution in [2.24, 2.45) is 5.92 Å². The fraction of sp³-hybridized carbons (Fsp3) is 0.412. The molecule has 0 spiro atoms. The van der Waals surface area contributed by atoms with Crippen LogP contribution in [0.2, 0.25) is 5.02 Å². The summed E-state index contributed by atoms with van der Waals surface area (Å²) in [6.07, 6.45) is 3.93. The molecule has 0 amide bonds. The number of piperidine rings is 1. The minimum Gasteiger partial charge on any atom is -0.341 e. The summed E-state index contributed by atoms with van der Waals surface area (Å²) in [6.45, 7) is 1.82. The maximum atomic E-state index is 12.9. The van der Waals surface area contributed by atoms with Crippen LogP contribution in [0.1, 0.15) is 18.4 Å². The molecule has 0 bridgehead atoms. The van der Waals surface area contributed by atoms with Gasteiger partial charge in [-0.25, -0.2) is 27.5 Å². The van der Waals surface area contributed by atoms with Crippen molar-refractivity contribution in [3.8, 4) is 0 Å². The molecule has 0 radical (unpaired) electrons. The Kier molecular flexibility index (Phi) is 6.05. The highest BCUT2D eigenvalue weighted by molar-refractivity contribution is 7.88. The Morgan fingerprint density at radius 2 is 1.85 bits per heavy atom. The van der Waals surface area contributed by atoms with Crippen LogP contribution >= 0.6 is 11.6 Å². The molecule has 1 aliphatic rings. The lowest BCUT2D eigenvalue weighted by Gasteiger charge is -2.31. The number of benzene rings is 1. The zero-order valence-electron chi connectivity index (χ0n) is 14.1. The van der Waals surface area contributed by atoms with E-state index in [0.717, 1.165) is 25.2 Å². The highest BCUT2D eigenvalue weighted by atomic mass is 35.5. The van der Waals surface area contributed by atoms with E-state index in [1.165, 1.54) is 0 Å². The molecule has 0 unspecified atom stereocenters. The molecule has 1 fully saturated rings. The van der Waals surface area contributed by atoms with Gasteiger partial charge in [0.1, 0.15) is 0 Å². The molecule has 140 valence electrons. The minimum atomic E-state index is -3.44. The third-order valence-corrected chi connectivity index (χ3v) is 6.07. The molecule has 1 aromatic heterocycles. The van der Waals surface area contributed by atoms with Crippen LogP contribution in [-0.4, -0.2) is 38.0 Å². The fourth-order valence-electron chi connectivity index (χ4n) is 2.92. The summed E-state index contributed by atoms with van der Waals surface area (Å²) in [5.41, 5.74) is 0.588. The van der Waals surface area contributed by atoms with Gasteiger partial charge >= 0.3 is 0 Å². The summed E-state index contributed by atoms with van der Waals surface area (Å²) >= 11 is 6.03. The Balaban J connectivity index is 1.48. The number of hydrogen-bond acceptors (Lipinski definition) is 5. The summed E-state index contributed by atoms with van der Waals surface area (Å²) < 4.78 is 40.1. The van der Waals surface area contributed by atoms with E-state index in [9.17, 15) is 12.8 Å². The van der Waals surface area contributed by atoms with Crippen molar-refractivity contribution < 1.29 is 12.8 Å². The van der Waals surface area contributed by atoms with Gasteiger partial charge in [0, 0.05) is 24.7 Å². The fourth-order valence-corrected chi connectivity index (χ4v) is 4.46. The second-order valence-electron chi connectivity index (χ2n) is 6.33. The van der Waals surface area contributed by atoms with Gasteiger partial charge < -0.3 is 4.90 Å². The van der Waals surface area contributed by atoms with Gasteiger partial charge in [0.25, 0.3) is 0 Å². The first kappa shape index (κ1) is 19.0. The Labute approximate surface area is 157 Å². The van der Waals surface area contributed by atoms with Crippen LogP contribution in [0.25, 0.3) is 0 Å². The molecule has 1 aromatic carbocycles. The molecule has 26 heavy (non-hydrogen) atoms. The molecule has 9 heteroatoms. The van der Waals surface area contributed by atoms with E-state index in [-0.39, 0.29) is 11.7 Å². The maximum Gasteiger partial charge on any atom is 0.225 e. The first-order valence-electron chi connectivity index (χ1n) is 8.36. The number of hydrogen-bond donors (Lipinski definition) is 1. The van der Waals surface area contributed by atoms with Gasteiger partial charge in [-0.2, -0.15) is 0 Å². The number of nitrogens with zero attached hydrogens (tertiary/aromatic N) is 3. The molecule has 0 atom stereocenters. The Morgan fingerprint density at radius 3 is 2.50 bits per heavy atom. The largest absolute Gasteiger partial charge is 0.341 e. The van der Waals surface area contributed by atoms with Crippen molar-refractivity contribution in [2.75, 3.05) is 24.5 Å². The van der Waals surface area contributed by atoms with Crippen molar-refractivity contribution in [3.63, 3.8) is 0 Å². The Morgan fingerprint density at radius 1 is 1.19 bits per heavy atom. The van der Waals surface area contributed by atoms with Gasteiger partial charge in [-0.05, 0) is 30.4 Å². The molecule has 0 saturated carbocycles. The molecule has 3 rings (SSSR count). The molecule has 1 aliphatic heterocycles. The van der Waals surface area contributed by atoms with E-state index in [2.05, 4.69) is 14.7 Å². The quantitative estimate of drug-likeness (QED) is 0.809. The van der Waals surface area contributed by atoms with E-state index in [4.69, 9.17) is 11.6 Å². The van der Waals surface area contributed by atoms with Gasteiger partial charge in [-0.15, -0.1) is 0 Å². The van der Waals surface area contributed by atoms with Gasteiger partial charge in [0.15, 0.2) is 5.82 Å². The summed E-state index contributed by atoms with van der Waals surface area (Å²) in [4.78, 5) is 9.95. The number of nitrogens with one attached hydrogen (secondary N) is 1. The third kappa shape index (κ3) is 5.12. The Bertz CT molecular complexity index is 840. The predicted octanol–water partition coefficient (Wildman–Crippen LogP) is 2.61. The molecule has 2 heterocycles. The van der Waals surface area contributed by atoms with Crippen LogP contribution < -0.4 is 9.62 Å². The van der Waals surface area contributed by atoms with Crippen LogP contribution in [0.5, 0.6) is 0 Å². The summed E-state index contributed by atoms with van der Waals surface area (Å²) in [7, 11) is -3.44.